The zero-order valence-electron chi connectivity index (χ0n) is 11.0. The molecule has 0 bridgehead atoms. The SMILES string of the molecule is C=CC(C)O[Si](CC)(OCC)c1ccccc1. The molecule has 2 atom stereocenters. The van der Waals surface area contributed by atoms with Gasteiger partial charge in [0.1, 0.15) is 0 Å². The van der Waals surface area contributed by atoms with E-state index >= 15 is 0 Å². The minimum atomic E-state index is -2.30. The van der Waals surface area contributed by atoms with Crippen molar-refractivity contribution in [2.24, 2.45) is 0 Å². The highest BCUT2D eigenvalue weighted by Crippen LogP contribution is 2.16. The summed E-state index contributed by atoms with van der Waals surface area (Å²) in [5.41, 5.74) is 0. The van der Waals surface area contributed by atoms with Crippen LogP contribution >= 0.6 is 0 Å². The smallest absolute Gasteiger partial charge is 0.372 e. The van der Waals surface area contributed by atoms with Crippen LogP contribution in [0.25, 0.3) is 0 Å². The Morgan fingerprint density at radius 3 is 2.41 bits per heavy atom. The molecule has 0 spiro atoms. The molecule has 2 nitrogen and oxygen atoms in total. The summed E-state index contributed by atoms with van der Waals surface area (Å²) >= 11 is 0. The van der Waals surface area contributed by atoms with E-state index in [0.29, 0.717) is 6.61 Å². The zero-order valence-corrected chi connectivity index (χ0v) is 12.0. The lowest BCUT2D eigenvalue weighted by molar-refractivity contribution is 0.163. The predicted octanol–water partition coefficient (Wildman–Crippen LogP) is 2.98. The molecule has 17 heavy (non-hydrogen) atoms. The summed E-state index contributed by atoms with van der Waals surface area (Å²) in [6.45, 7) is 10.6. The normalized spacial score (nSPS) is 16.2. The van der Waals surface area contributed by atoms with E-state index in [0.717, 1.165) is 6.04 Å². The van der Waals surface area contributed by atoms with E-state index in [9.17, 15) is 0 Å². The molecule has 1 aromatic rings. The maximum absolute atomic E-state index is 6.16. The molecule has 0 aliphatic heterocycles. The molecule has 94 valence electrons. The van der Waals surface area contributed by atoms with Crippen LogP contribution in [0.3, 0.4) is 0 Å². The molecule has 1 aromatic carbocycles. The van der Waals surface area contributed by atoms with Gasteiger partial charge in [0.2, 0.25) is 0 Å². The van der Waals surface area contributed by atoms with Crippen LogP contribution in [0.4, 0.5) is 0 Å². The first-order valence-electron chi connectivity index (χ1n) is 6.18. The van der Waals surface area contributed by atoms with Crippen LogP contribution in [0, 0.1) is 0 Å². The Bertz CT molecular complexity index is 339. The van der Waals surface area contributed by atoms with E-state index in [-0.39, 0.29) is 6.10 Å². The number of rotatable bonds is 7. The average Bonchev–Trinajstić information content (AvgIpc) is 2.39. The first kappa shape index (κ1) is 14.2. The second-order valence-electron chi connectivity index (χ2n) is 3.96. The van der Waals surface area contributed by atoms with E-state index < -0.39 is 8.56 Å². The molecule has 0 saturated heterocycles. The third-order valence-electron chi connectivity index (χ3n) is 2.76. The number of hydrogen-bond donors (Lipinski definition) is 0. The van der Waals surface area contributed by atoms with Crippen molar-refractivity contribution in [2.45, 2.75) is 32.9 Å². The molecule has 3 heteroatoms. The van der Waals surface area contributed by atoms with Crippen molar-refractivity contribution in [1.82, 2.24) is 0 Å². The molecule has 0 aromatic heterocycles. The van der Waals surface area contributed by atoms with E-state index in [1.807, 2.05) is 38.1 Å². The maximum Gasteiger partial charge on any atom is 0.372 e. The van der Waals surface area contributed by atoms with Gasteiger partial charge < -0.3 is 8.85 Å². The van der Waals surface area contributed by atoms with Gasteiger partial charge in [0, 0.05) is 6.61 Å². The van der Waals surface area contributed by atoms with Crippen LogP contribution in [0.15, 0.2) is 43.0 Å². The molecule has 2 unspecified atom stereocenters. The van der Waals surface area contributed by atoms with Gasteiger partial charge in [-0.05, 0) is 25.1 Å². The zero-order chi connectivity index (χ0) is 12.7. The van der Waals surface area contributed by atoms with Crippen LogP contribution in [0.2, 0.25) is 6.04 Å². The van der Waals surface area contributed by atoms with Crippen LogP contribution in [-0.4, -0.2) is 21.3 Å². The van der Waals surface area contributed by atoms with Crippen molar-refractivity contribution >= 4 is 13.7 Å². The van der Waals surface area contributed by atoms with Gasteiger partial charge in [-0.1, -0.05) is 43.3 Å². The summed E-state index contributed by atoms with van der Waals surface area (Å²) in [4.78, 5) is 0. The summed E-state index contributed by atoms with van der Waals surface area (Å²) in [6, 6.07) is 11.2. The first-order chi connectivity index (χ1) is 8.18. The van der Waals surface area contributed by atoms with Crippen LogP contribution < -0.4 is 5.19 Å². The quantitative estimate of drug-likeness (QED) is 0.547. The fourth-order valence-corrected chi connectivity index (χ4v) is 4.86. The van der Waals surface area contributed by atoms with Crippen LogP contribution in [0.5, 0.6) is 0 Å². The van der Waals surface area contributed by atoms with Crippen molar-refractivity contribution < 1.29 is 8.85 Å². The fraction of sp³-hybridized carbons (Fsp3) is 0.429. The molecular formula is C14H22O2Si. The first-order valence-corrected chi connectivity index (χ1v) is 8.20. The van der Waals surface area contributed by atoms with Gasteiger partial charge in [0.15, 0.2) is 0 Å². The minimum absolute atomic E-state index is 0.0216. The summed E-state index contributed by atoms with van der Waals surface area (Å²) < 4.78 is 12.2. The molecule has 0 radical (unpaired) electrons. The van der Waals surface area contributed by atoms with Crippen LogP contribution in [0.1, 0.15) is 20.8 Å². The van der Waals surface area contributed by atoms with E-state index in [1.165, 1.54) is 5.19 Å². The average molecular weight is 250 g/mol. The van der Waals surface area contributed by atoms with Crippen molar-refractivity contribution in [3.8, 4) is 0 Å². The maximum atomic E-state index is 6.16. The highest BCUT2D eigenvalue weighted by molar-refractivity contribution is 6.81. The fourth-order valence-electron chi connectivity index (χ4n) is 1.85. The van der Waals surface area contributed by atoms with Crippen molar-refractivity contribution in [3.05, 3.63) is 43.0 Å². The van der Waals surface area contributed by atoms with Gasteiger partial charge in [0.25, 0.3) is 0 Å². The topological polar surface area (TPSA) is 18.5 Å². The Hall–Kier alpha value is -0.903. The van der Waals surface area contributed by atoms with Gasteiger partial charge in [-0.15, -0.1) is 6.58 Å². The van der Waals surface area contributed by atoms with E-state index in [4.69, 9.17) is 8.85 Å². The molecule has 0 N–H and O–H groups in total. The summed E-state index contributed by atoms with van der Waals surface area (Å²) in [5, 5.41) is 1.19. The molecule has 0 aliphatic rings. The van der Waals surface area contributed by atoms with Crippen molar-refractivity contribution in [1.29, 1.82) is 0 Å². The lowest BCUT2D eigenvalue weighted by atomic mass is 10.4. The third-order valence-corrected chi connectivity index (χ3v) is 6.42. The molecule has 1 rings (SSSR count). The standard InChI is InChI=1S/C14H22O2Si/c1-5-13(4)16-17(7-3,15-6-2)14-11-9-8-10-12-14/h5,8-13H,1,6-7H2,2-4H3. The van der Waals surface area contributed by atoms with Gasteiger partial charge in [-0.25, -0.2) is 0 Å². The van der Waals surface area contributed by atoms with E-state index in [1.54, 1.807) is 0 Å². The van der Waals surface area contributed by atoms with Gasteiger partial charge >= 0.3 is 8.56 Å². The molecule has 0 aliphatic carbocycles. The Morgan fingerprint density at radius 1 is 1.29 bits per heavy atom. The van der Waals surface area contributed by atoms with Gasteiger partial charge in [-0.3, -0.25) is 0 Å². The Morgan fingerprint density at radius 2 is 1.94 bits per heavy atom. The lowest BCUT2D eigenvalue weighted by Gasteiger charge is -2.31. The highest BCUT2D eigenvalue weighted by atomic mass is 28.4. The molecule has 0 saturated carbocycles. The predicted molar refractivity (Wildman–Crippen MR) is 74.7 cm³/mol. The summed E-state index contributed by atoms with van der Waals surface area (Å²) in [5.74, 6) is 0. The molecule has 0 heterocycles. The number of benzene rings is 1. The second-order valence-corrected chi connectivity index (χ2v) is 7.28. The Balaban J connectivity index is 3.03. The number of hydrogen-bond acceptors (Lipinski definition) is 2. The minimum Gasteiger partial charge on any atom is -0.391 e. The summed E-state index contributed by atoms with van der Waals surface area (Å²) in [7, 11) is -2.30. The monoisotopic (exact) mass is 250 g/mol. The largest absolute Gasteiger partial charge is 0.391 e. The second kappa shape index (κ2) is 6.74. The van der Waals surface area contributed by atoms with Crippen molar-refractivity contribution in [2.75, 3.05) is 6.61 Å². The van der Waals surface area contributed by atoms with Crippen molar-refractivity contribution in [3.63, 3.8) is 0 Å². The lowest BCUT2D eigenvalue weighted by Crippen LogP contribution is -2.54. The van der Waals surface area contributed by atoms with E-state index in [2.05, 4.69) is 25.6 Å². The van der Waals surface area contributed by atoms with Gasteiger partial charge in [-0.2, -0.15) is 0 Å². The molecular weight excluding hydrogens is 228 g/mol. The third kappa shape index (κ3) is 3.53. The Labute approximate surface area is 106 Å². The Kier molecular flexibility index (Phi) is 5.61. The molecule has 0 amide bonds. The highest BCUT2D eigenvalue weighted by Gasteiger charge is 2.38. The van der Waals surface area contributed by atoms with Crippen LogP contribution in [-0.2, 0) is 8.85 Å². The molecule has 0 fully saturated rings. The van der Waals surface area contributed by atoms with Gasteiger partial charge in [0.05, 0.1) is 6.10 Å². The summed E-state index contributed by atoms with van der Waals surface area (Å²) in [6.07, 6.45) is 1.84.